The molecule has 0 aromatic heterocycles. The van der Waals surface area contributed by atoms with Gasteiger partial charge < -0.3 is 15.4 Å². The molecule has 0 saturated heterocycles. The summed E-state index contributed by atoms with van der Waals surface area (Å²) in [6, 6.07) is 16.5. The van der Waals surface area contributed by atoms with Crippen LogP contribution < -0.4 is 15.4 Å². The van der Waals surface area contributed by atoms with E-state index in [9.17, 15) is 0 Å². The van der Waals surface area contributed by atoms with E-state index < -0.39 is 0 Å². The van der Waals surface area contributed by atoms with Gasteiger partial charge in [-0.2, -0.15) is 0 Å². The highest BCUT2D eigenvalue weighted by Gasteiger charge is 2.00. The summed E-state index contributed by atoms with van der Waals surface area (Å²) >= 11 is 5.34. The van der Waals surface area contributed by atoms with Gasteiger partial charge in [0, 0.05) is 12.2 Å². The number of rotatable bonds is 7. The quantitative estimate of drug-likeness (QED) is 0.564. The van der Waals surface area contributed by atoms with Crippen molar-refractivity contribution < 1.29 is 4.74 Å². The number of benzene rings is 2. The van der Waals surface area contributed by atoms with Gasteiger partial charge in [-0.15, -0.1) is 0 Å². The fourth-order valence-corrected chi connectivity index (χ4v) is 2.65. The van der Waals surface area contributed by atoms with Crippen molar-refractivity contribution in [3.63, 3.8) is 0 Å². The van der Waals surface area contributed by atoms with Crippen LogP contribution in [-0.2, 0) is 6.42 Å². The van der Waals surface area contributed by atoms with Gasteiger partial charge in [0.25, 0.3) is 0 Å². The molecular formula is C20H26N2OS. The molecule has 24 heavy (non-hydrogen) atoms. The molecule has 2 N–H and O–H groups in total. The average molecular weight is 343 g/mol. The molecule has 0 aliphatic heterocycles. The van der Waals surface area contributed by atoms with Crippen molar-refractivity contribution >= 4 is 23.0 Å². The van der Waals surface area contributed by atoms with E-state index in [1.54, 1.807) is 0 Å². The first-order chi connectivity index (χ1) is 11.5. The molecule has 0 aliphatic carbocycles. The first-order valence-corrected chi connectivity index (χ1v) is 8.81. The van der Waals surface area contributed by atoms with Crippen LogP contribution in [0.1, 0.15) is 31.4 Å². The maximum Gasteiger partial charge on any atom is 0.170 e. The highest BCUT2D eigenvalue weighted by Crippen LogP contribution is 2.16. The minimum Gasteiger partial charge on any atom is -0.491 e. The SMILES string of the molecule is Cc1cccc(CCCNC(=S)Nc2ccc(OC(C)C)cc2)c1. The number of anilines is 1. The zero-order chi connectivity index (χ0) is 17.4. The summed E-state index contributed by atoms with van der Waals surface area (Å²) in [5.74, 6) is 0.868. The number of hydrogen-bond acceptors (Lipinski definition) is 2. The van der Waals surface area contributed by atoms with Gasteiger partial charge in [0.15, 0.2) is 5.11 Å². The Hall–Kier alpha value is -2.07. The van der Waals surface area contributed by atoms with Crippen molar-refractivity contribution in [2.24, 2.45) is 0 Å². The van der Waals surface area contributed by atoms with Gasteiger partial charge in [0.2, 0.25) is 0 Å². The second kappa shape index (κ2) is 9.28. The third kappa shape index (κ3) is 6.59. The number of thiocarbonyl (C=S) groups is 1. The molecule has 0 atom stereocenters. The molecular weight excluding hydrogens is 316 g/mol. The summed E-state index contributed by atoms with van der Waals surface area (Å²) in [5.41, 5.74) is 3.64. The molecule has 4 heteroatoms. The molecule has 2 rings (SSSR count). The number of ether oxygens (including phenoxy) is 1. The first-order valence-electron chi connectivity index (χ1n) is 8.40. The van der Waals surface area contributed by atoms with Crippen molar-refractivity contribution in [2.45, 2.75) is 39.7 Å². The molecule has 0 amide bonds. The fourth-order valence-electron chi connectivity index (χ4n) is 2.43. The van der Waals surface area contributed by atoms with Gasteiger partial charge in [-0.1, -0.05) is 29.8 Å². The molecule has 0 saturated carbocycles. The molecule has 3 nitrogen and oxygen atoms in total. The minimum atomic E-state index is 0.181. The van der Waals surface area contributed by atoms with Crippen LogP contribution in [0.25, 0.3) is 0 Å². The Morgan fingerprint density at radius 1 is 1.12 bits per heavy atom. The zero-order valence-corrected chi connectivity index (χ0v) is 15.5. The largest absolute Gasteiger partial charge is 0.491 e. The Morgan fingerprint density at radius 2 is 1.88 bits per heavy atom. The van der Waals surface area contributed by atoms with Crippen LogP contribution >= 0.6 is 12.2 Å². The van der Waals surface area contributed by atoms with Crippen LogP contribution in [0, 0.1) is 6.92 Å². The van der Waals surface area contributed by atoms with Gasteiger partial charge in [0.05, 0.1) is 6.10 Å². The monoisotopic (exact) mass is 342 g/mol. The molecule has 128 valence electrons. The third-order valence-corrected chi connectivity index (χ3v) is 3.74. The van der Waals surface area contributed by atoms with Crippen LogP contribution in [0.15, 0.2) is 48.5 Å². The molecule has 0 aliphatic rings. The predicted molar refractivity (Wildman–Crippen MR) is 106 cm³/mol. The Bertz CT molecular complexity index is 653. The van der Waals surface area contributed by atoms with Crippen LogP contribution in [0.2, 0.25) is 0 Å². The maximum atomic E-state index is 5.63. The molecule has 0 heterocycles. The van der Waals surface area contributed by atoms with E-state index in [1.165, 1.54) is 11.1 Å². The Kier molecular flexibility index (Phi) is 7.07. The Balaban J connectivity index is 1.69. The summed E-state index contributed by atoms with van der Waals surface area (Å²) in [6.45, 7) is 7.01. The summed E-state index contributed by atoms with van der Waals surface area (Å²) in [5, 5.41) is 7.10. The number of aryl methyl sites for hydroxylation is 2. The standard InChI is InChI=1S/C20H26N2OS/c1-15(2)23-19-11-9-18(10-12-19)22-20(24)21-13-5-8-17-7-4-6-16(3)14-17/h4,6-7,9-12,14-15H,5,8,13H2,1-3H3,(H2,21,22,24). The number of hydrogen-bond donors (Lipinski definition) is 2. The lowest BCUT2D eigenvalue weighted by Crippen LogP contribution is -2.29. The van der Waals surface area contributed by atoms with Gasteiger partial charge >= 0.3 is 0 Å². The van der Waals surface area contributed by atoms with Crippen molar-refractivity contribution in [2.75, 3.05) is 11.9 Å². The normalized spacial score (nSPS) is 10.5. The van der Waals surface area contributed by atoms with Crippen LogP contribution in [0.5, 0.6) is 5.75 Å². The molecule has 0 spiro atoms. The lowest BCUT2D eigenvalue weighted by atomic mass is 10.1. The van der Waals surface area contributed by atoms with E-state index in [4.69, 9.17) is 17.0 Å². The maximum absolute atomic E-state index is 5.63. The lowest BCUT2D eigenvalue weighted by Gasteiger charge is -2.12. The summed E-state index contributed by atoms with van der Waals surface area (Å²) < 4.78 is 5.63. The predicted octanol–water partition coefficient (Wildman–Crippen LogP) is 4.70. The van der Waals surface area contributed by atoms with Crippen molar-refractivity contribution in [3.05, 3.63) is 59.7 Å². The highest BCUT2D eigenvalue weighted by molar-refractivity contribution is 7.80. The van der Waals surface area contributed by atoms with E-state index in [0.717, 1.165) is 30.8 Å². The average Bonchev–Trinajstić information content (AvgIpc) is 2.53. The molecule has 0 fully saturated rings. The topological polar surface area (TPSA) is 33.3 Å². The minimum absolute atomic E-state index is 0.181. The first kappa shape index (κ1) is 18.3. The smallest absolute Gasteiger partial charge is 0.170 e. The molecule has 2 aromatic carbocycles. The van der Waals surface area contributed by atoms with Crippen LogP contribution in [0.3, 0.4) is 0 Å². The summed E-state index contributed by atoms with van der Waals surface area (Å²) in [6.07, 6.45) is 2.28. The Labute approximate surface area is 150 Å². The van der Waals surface area contributed by atoms with Gasteiger partial charge in [0.1, 0.15) is 5.75 Å². The molecule has 0 unspecified atom stereocenters. The second-order valence-corrected chi connectivity index (χ2v) is 6.57. The third-order valence-electron chi connectivity index (χ3n) is 3.49. The Morgan fingerprint density at radius 3 is 2.54 bits per heavy atom. The highest BCUT2D eigenvalue weighted by atomic mass is 32.1. The second-order valence-electron chi connectivity index (χ2n) is 6.16. The van der Waals surface area contributed by atoms with Crippen molar-refractivity contribution in [1.82, 2.24) is 5.32 Å². The van der Waals surface area contributed by atoms with Gasteiger partial charge in [-0.25, -0.2) is 0 Å². The summed E-state index contributed by atoms with van der Waals surface area (Å²) in [4.78, 5) is 0. The van der Waals surface area contributed by atoms with E-state index in [1.807, 2.05) is 38.1 Å². The van der Waals surface area contributed by atoms with E-state index in [-0.39, 0.29) is 6.10 Å². The number of nitrogens with one attached hydrogen (secondary N) is 2. The van der Waals surface area contributed by atoms with Crippen molar-refractivity contribution in [1.29, 1.82) is 0 Å². The molecule has 0 radical (unpaired) electrons. The zero-order valence-electron chi connectivity index (χ0n) is 14.6. The van der Waals surface area contributed by atoms with E-state index in [0.29, 0.717) is 5.11 Å². The molecule has 0 bridgehead atoms. The van der Waals surface area contributed by atoms with E-state index in [2.05, 4.69) is 41.8 Å². The van der Waals surface area contributed by atoms with Gasteiger partial charge in [-0.05, 0) is 75.7 Å². The van der Waals surface area contributed by atoms with E-state index >= 15 is 0 Å². The van der Waals surface area contributed by atoms with Crippen LogP contribution in [0.4, 0.5) is 5.69 Å². The lowest BCUT2D eigenvalue weighted by molar-refractivity contribution is 0.242. The van der Waals surface area contributed by atoms with Crippen molar-refractivity contribution in [3.8, 4) is 5.75 Å². The van der Waals surface area contributed by atoms with Crippen LogP contribution in [-0.4, -0.2) is 17.8 Å². The summed E-state index contributed by atoms with van der Waals surface area (Å²) in [7, 11) is 0. The van der Waals surface area contributed by atoms with Gasteiger partial charge in [-0.3, -0.25) is 0 Å². The fraction of sp³-hybridized carbons (Fsp3) is 0.350. The molecule has 2 aromatic rings.